The molecule has 0 saturated carbocycles. The van der Waals surface area contributed by atoms with Crippen LogP contribution >= 0.6 is 0 Å². The van der Waals surface area contributed by atoms with E-state index in [9.17, 15) is 9.90 Å². The standard InChI is InChI=1S/C17H17N5O3/c18-13-3-1-11(2-4-13)15-19-16(21-5-7-25-8-6-21)14-9-12(17(23)24)10-22(14)20-15/h1-4,9-10H,5-8,18H2,(H,23,24). The maximum Gasteiger partial charge on any atom is 0.337 e. The zero-order valence-corrected chi connectivity index (χ0v) is 13.4. The first-order valence-corrected chi connectivity index (χ1v) is 7.94. The Hall–Kier alpha value is -3.13. The molecule has 1 aromatic carbocycles. The molecule has 1 saturated heterocycles. The van der Waals surface area contributed by atoms with Gasteiger partial charge in [0.15, 0.2) is 11.6 Å². The molecule has 1 aliphatic heterocycles. The van der Waals surface area contributed by atoms with Gasteiger partial charge < -0.3 is 20.5 Å². The second-order valence-corrected chi connectivity index (χ2v) is 5.84. The lowest BCUT2D eigenvalue weighted by atomic mass is 10.2. The van der Waals surface area contributed by atoms with Gasteiger partial charge >= 0.3 is 5.97 Å². The van der Waals surface area contributed by atoms with Gasteiger partial charge in [-0.1, -0.05) is 0 Å². The predicted molar refractivity (Wildman–Crippen MR) is 92.8 cm³/mol. The highest BCUT2D eigenvalue weighted by Gasteiger charge is 2.20. The van der Waals surface area contributed by atoms with Gasteiger partial charge in [-0.25, -0.2) is 14.3 Å². The van der Waals surface area contributed by atoms with Gasteiger partial charge in [0, 0.05) is 30.5 Å². The number of rotatable bonds is 3. The molecule has 8 heteroatoms. The topological polar surface area (TPSA) is 106 Å². The lowest BCUT2D eigenvalue weighted by molar-refractivity contribution is 0.0697. The van der Waals surface area contributed by atoms with Crippen LogP contribution in [-0.2, 0) is 4.74 Å². The van der Waals surface area contributed by atoms with Gasteiger partial charge in [0.25, 0.3) is 0 Å². The molecule has 0 atom stereocenters. The van der Waals surface area contributed by atoms with Crippen molar-refractivity contribution in [2.24, 2.45) is 0 Å². The molecular weight excluding hydrogens is 322 g/mol. The Balaban J connectivity index is 1.89. The van der Waals surface area contributed by atoms with Gasteiger partial charge in [0.1, 0.15) is 5.52 Å². The van der Waals surface area contributed by atoms with Crippen LogP contribution in [-0.4, -0.2) is 52.0 Å². The highest BCUT2D eigenvalue weighted by Crippen LogP contribution is 2.26. The molecule has 0 amide bonds. The minimum Gasteiger partial charge on any atom is -0.478 e. The van der Waals surface area contributed by atoms with E-state index >= 15 is 0 Å². The normalized spacial score (nSPS) is 14.8. The Morgan fingerprint density at radius 1 is 1.20 bits per heavy atom. The molecule has 3 heterocycles. The number of aromatic carboxylic acids is 1. The molecule has 3 aromatic rings. The number of nitrogens with zero attached hydrogens (tertiary/aromatic N) is 4. The average molecular weight is 339 g/mol. The van der Waals surface area contributed by atoms with E-state index in [1.807, 2.05) is 12.1 Å². The minimum atomic E-state index is -0.993. The van der Waals surface area contributed by atoms with Gasteiger partial charge in [-0.05, 0) is 30.3 Å². The molecule has 25 heavy (non-hydrogen) atoms. The molecule has 1 aliphatic rings. The number of benzene rings is 1. The number of anilines is 2. The minimum absolute atomic E-state index is 0.179. The van der Waals surface area contributed by atoms with Crippen LogP contribution in [0.5, 0.6) is 0 Å². The third-order valence-electron chi connectivity index (χ3n) is 4.17. The fraction of sp³-hybridized carbons (Fsp3) is 0.235. The Kier molecular flexibility index (Phi) is 3.73. The number of nitrogen functional groups attached to an aromatic ring is 1. The largest absolute Gasteiger partial charge is 0.478 e. The number of hydrogen-bond acceptors (Lipinski definition) is 6. The highest BCUT2D eigenvalue weighted by atomic mass is 16.5. The SMILES string of the molecule is Nc1ccc(-c2nc(N3CCOCC3)c3cc(C(=O)O)cn3n2)cc1. The molecular formula is C17H17N5O3. The van der Waals surface area contributed by atoms with E-state index in [2.05, 4.69) is 10.00 Å². The van der Waals surface area contributed by atoms with Gasteiger partial charge in [0.05, 0.1) is 18.8 Å². The molecule has 1 fully saturated rings. The number of nitrogens with two attached hydrogens (primary N) is 1. The molecule has 3 N–H and O–H groups in total. The summed E-state index contributed by atoms with van der Waals surface area (Å²) in [6, 6.07) is 8.87. The Morgan fingerprint density at radius 3 is 2.60 bits per heavy atom. The first-order chi connectivity index (χ1) is 12.1. The Bertz CT molecular complexity index is 929. The van der Waals surface area contributed by atoms with E-state index in [0.717, 1.165) is 5.56 Å². The lowest BCUT2D eigenvalue weighted by Gasteiger charge is -2.28. The number of ether oxygens (including phenoxy) is 1. The van der Waals surface area contributed by atoms with Crippen LogP contribution in [0.3, 0.4) is 0 Å². The highest BCUT2D eigenvalue weighted by molar-refractivity contribution is 5.91. The van der Waals surface area contributed by atoms with Crippen molar-refractivity contribution in [2.45, 2.75) is 0 Å². The van der Waals surface area contributed by atoms with E-state index in [0.29, 0.717) is 49.1 Å². The van der Waals surface area contributed by atoms with E-state index in [1.165, 1.54) is 6.20 Å². The quantitative estimate of drug-likeness (QED) is 0.697. The molecule has 0 bridgehead atoms. The summed E-state index contributed by atoms with van der Waals surface area (Å²) in [4.78, 5) is 18.1. The Morgan fingerprint density at radius 2 is 1.92 bits per heavy atom. The van der Waals surface area contributed by atoms with Gasteiger partial charge in [-0.3, -0.25) is 0 Å². The number of fused-ring (bicyclic) bond motifs is 1. The van der Waals surface area contributed by atoms with Crippen molar-refractivity contribution in [1.29, 1.82) is 0 Å². The van der Waals surface area contributed by atoms with E-state index in [-0.39, 0.29) is 5.56 Å². The molecule has 0 aliphatic carbocycles. The van der Waals surface area contributed by atoms with Crippen LogP contribution in [0, 0.1) is 0 Å². The third-order valence-corrected chi connectivity index (χ3v) is 4.17. The van der Waals surface area contributed by atoms with E-state index < -0.39 is 5.97 Å². The number of morpholine rings is 1. The average Bonchev–Trinajstić information content (AvgIpc) is 3.07. The van der Waals surface area contributed by atoms with Gasteiger partial charge in [-0.15, -0.1) is 5.10 Å². The molecule has 2 aromatic heterocycles. The first-order valence-electron chi connectivity index (χ1n) is 7.94. The second-order valence-electron chi connectivity index (χ2n) is 5.84. The lowest BCUT2D eigenvalue weighted by Crippen LogP contribution is -2.37. The van der Waals surface area contributed by atoms with Gasteiger partial charge in [-0.2, -0.15) is 0 Å². The van der Waals surface area contributed by atoms with Crippen LogP contribution in [0.1, 0.15) is 10.4 Å². The molecule has 128 valence electrons. The van der Waals surface area contributed by atoms with Gasteiger partial charge in [0.2, 0.25) is 0 Å². The van der Waals surface area contributed by atoms with Crippen molar-refractivity contribution < 1.29 is 14.6 Å². The molecule has 0 spiro atoms. The Labute approximate surface area is 143 Å². The van der Waals surface area contributed by atoms with Crippen LogP contribution in [0.2, 0.25) is 0 Å². The number of carbonyl (C=O) groups is 1. The first kappa shape index (κ1) is 15.4. The summed E-state index contributed by atoms with van der Waals surface area (Å²) in [5.74, 6) is 0.228. The molecule has 8 nitrogen and oxygen atoms in total. The fourth-order valence-electron chi connectivity index (χ4n) is 2.86. The maximum absolute atomic E-state index is 11.3. The van der Waals surface area contributed by atoms with Crippen LogP contribution < -0.4 is 10.6 Å². The fourth-order valence-corrected chi connectivity index (χ4v) is 2.86. The summed E-state index contributed by atoms with van der Waals surface area (Å²) in [7, 11) is 0. The van der Waals surface area contributed by atoms with Crippen LogP contribution in [0.25, 0.3) is 16.9 Å². The van der Waals surface area contributed by atoms with Crippen molar-refractivity contribution in [3.05, 3.63) is 42.1 Å². The third kappa shape index (κ3) is 2.87. The number of carboxylic acid groups (broad SMARTS) is 1. The summed E-state index contributed by atoms with van der Waals surface area (Å²) < 4.78 is 6.98. The smallest absolute Gasteiger partial charge is 0.337 e. The summed E-state index contributed by atoms with van der Waals surface area (Å²) >= 11 is 0. The van der Waals surface area contributed by atoms with Crippen molar-refractivity contribution in [3.63, 3.8) is 0 Å². The summed E-state index contributed by atoms with van der Waals surface area (Å²) in [5, 5.41) is 13.8. The zero-order chi connectivity index (χ0) is 17.4. The van der Waals surface area contributed by atoms with E-state index in [4.69, 9.17) is 15.5 Å². The summed E-state index contributed by atoms with van der Waals surface area (Å²) in [6.45, 7) is 2.61. The zero-order valence-electron chi connectivity index (χ0n) is 13.4. The van der Waals surface area contributed by atoms with Crippen molar-refractivity contribution in [1.82, 2.24) is 14.6 Å². The van der Waals surface area contributed by atoms with Crippen molar-refractivity contribution >= 4 is 23.0 Å². The number of hydrogen-bond donors (Lipinski definition) is 2. The summed E-state index contributed by atoms with van der Waals surface area (Å²) in [5.41, 5.74) is 8.07. The predicted octanol–water partition coefficient (Wildman–Crippen LogP) is 1.51. The van der Waals surface area contributed by atoms with Crippen molar-refractivity contribution in [2.75, 3.05) is 36.9 Å². The van der Waals surface area contributed by atoms with Crippen LogP contribution in [0.4, 0.5) is 11.5 Å². The maximum atomic E-state index is 11.3. The second kappa shape index (κ2) is 6.06. The number of carboxylic acids is 1. The molecule has 0 radical (unpaired) electrons. The van der Waals surface area contributed by atoms with Crippen LogP contribution in [0.15, 0.2) is 36.5 Å². The van der Waals surface area contributed by atoms with E-state index in [1.54, 1.807) is 22.7 Å². The summed E-state index contributed by atoms with van der Waals surface area (Å²) in [6.07, 6.45) is 1.50. The van der Waals surface area contributed by atoms with Crippen molar-refractivity contribution in [3.8, 4) is 11.4 Å². The molecule has 0 unspecified atom stereocenters. The number of aromatic nitrogens is 3. The molecule has 4 rings (SSSR count). The monoisotopic (exact) mass is 339 g/mol.